The maximum Gasteiger partial charge on any atom is 0.262 e. The van der Waals surface area contributed by atoms with E-state index in [-0.39, 0.29) is 12.5 Å². The Labute approximate surface area is 88.5 Å². The normalized spacial score (nSPS) is 14.0. The summed E-state index contributed by atoms with van der Waals surface area (Å²) in [6.07, 6.45) is 1.56. The molecule has 0 unspecified atom stereocenters. The van der Waals surface area contributed by atoms with Gasteiger partial charge < -0.3 is 14.8 Å². The minimum absolute atomic E-state index is 0.0127. The fraction of sp³-hybridized carbons (Fsp3) is 0.250. The summed E-state index contributed by atoms with van der Waals surface area (Å²) in [7, 11) is 1.48. The number of nitrogens with one attached hydrogen (secondary N) is 1. The maximum absolute atomic E-state index is 11.1. The molecule has 0 fully saturated rings. The van der Waals surface area contributed by atoms with Gasteiger partial charge in [-0.1, -0.05) is 0 Å². The summed E-state index contributed by atoms with van der Waals surface area (Å²) >= 11 is 3.27. The molecule has 0 aromatic carbocycles. The van der Waals surface area contributed by atoms with Gasteiger partial charge in [-0.15, -0.1) is 0 Å². The number of aromatic nitrogens is 1. The second-order valence-electron chi connectivity index (χ2n) is 2.66. The molecule has 0 saturated heterocycles. The van der Waals surface area contributed by atoms with Crippen LogP contribution in [0, 0.1) is 0 Å². The number of amides is 1. The number of methoxy groups -OCH3 is 1. The van der Waals surface area contributed by atoms with Crippen LogP contribution in [-0.4, -0.2) is 24.6 Å². The van der Waals surface area contributed by atoms with E-state index in [4.69, 9.17) is 9.47 Å². The van der Waals surface area contributed by atoms with E-state index in [1.165, 1.54) is 7.11 Å². The van der Waals surface area contributed by atoms with Crippen molar-refractivity contribution in [3.05, 3.63) is 10.7 Å². The van der Waals surface area contributed by atoms with E-state index in [1.54, 1.807) is 6.20 Å². The van der Waals surface area contributed by atoms with Crippen molar-refractivity contribution in [3.63, 3.8) is 0 Å². The molecular weight excluding hydrogens is 252 g/mol. The largest absolute Gasteiger partial charge is 0.480 e. The van der Waals surface area contributed by atoms with Crippen molar-refractivity contribution in [1.82, 2.24) is 4.98 Å². The van der Waals surface area contributed by atoms with Gasteiger partial charge in [-0.3, -0.25) is 4.79 Å². The lowest BCUT2D eigenvalue weighted by atomic mass is 10.3. The summed E-state index contributed by atoms with van der Waals surface area (Å²) in [5.41, 5.74) is 0.470. The predicted molar refractivity (Wildman–Crippen MR) is 52.6 cm³/mol. The molecule has 0 saturated carbocycles. The first-order valence-electron chi connectivity index (χ1n) is 3.87. The summed E-state index contributed by atoms with van der Waals surface area (Å²) in [4.78, 5) is 15.1. The molecule has 14 heavy (non-hydrogen) atoms. The van der Waals surface area contributed by atoms with Crippen LogP contribution in [0.5, 0.6) is 11.6 Å². The van der Waals surface area contributed by atoms with E-state index in [0.29, 0.717) is 21.8 Å². The highest BCUT2D eigenvalue weighted by Crippen LogP contribution is 2.40. The Morgan fingerprint density at radius 3 is 3.21 bits per heavy atom. The van der Waals surface area contributed by atoms with Crippen molar-refractivity contribution < 1.29 is 14.3 Å². The van der Waals surface area contributed by atoms with E-state index >= 15 is 0 Å². The lowest BCUT2D eigenvalue weighted by Gasteiger charge is -2.20. The fourth-order valence-electron chi connectivity index (χ4n) is 1.17. The first-order valence-corrected chi connectivity index (χ1v) is 4.67. The standard InChI is InChI=1S/C8H7BrN2O3/c1-13-8-6-7(4(9)2-10-8)14-3-5(12)11-6/h2H,3H2,1H3,(H,11,12). The van der Waals surface area contributed by atoms with E-state index in [9.17, 15) is 4.79 Å². The molecule has 1 aliphatic heterocycles. The van der Waals surface area contributed by atoms with Gasteiger partial charge in [0.25, 0.3) is 5.91 Å². The number of hydrogen-bond acceptors (Lipinski definition) is 4. The van der Waals surface area contributed by atoms with Crippen molar-refractivity contribution >= 4 is 27.5 Å². The summed E-state index contributed by atoms with van der Waals surface area (Å²) < 4.78 is 10.9. The number of pyridine rings is 1. The Hall–Kier alpha value is -1.30. The van der Waals surface area contributed by atoms with Gasteiger partial charge in [0, 0.05) is 6.20 Å². The highest BCUT2D eigenvalue weighted by atomic mass is 79.9. The van der Waals surface area contributed by atoms with Gasteiger partial charge in [0.1, 0.15) is 5.69 Å². The topological polar surface area (TPSA) is 60.5 Å². The van der Waals surface area contributed by atoms with Crippen LogP contribution < -0.4 is 14.8 Å². The van der Waals surface area contributed by atoms with Gasteiger partial charge >= 0.3 is 0 Å². The van der Waals surface area contributed by atoms with E-state index in [0.717, 1.165) is 0 Å². The van der Waals surface area contributed by atoms with Crippen LogP contribution in [0.2, 0.25) is 0 Å². The molecule has 2 heterocycles. The average Bonchev–Trinajstić information content (AvgIpc) is 2.18. The van der Waals surface area contributed by atoms with Crippen molar-refractivity contribution in [2.75, 3.05) is 19.0 Å². The summed E-state index contributed by atoms with van der Waals surface area (Å²) in [5.74, 6) is 0.684. The van der Waals surface area contributed by atoms with Gasteiger partial charge in [0.15, 0.2) is 12.4 Å². The molecule has 74 valence electrons. The Morgan fingerprint density at radius 2 is 2.50 bits per heavy atom. The molecule has 0 atom stereocenters. The molecule has 1 aliphatic rings. The molecule has 1 N–H and O–H groups in total. The number of carbonyl (C=O) groups excluding carboxylic acids is 1. The van der Waals surface area contributed by atoms with E-state index in [1.807, 2.05) is 0 Å². The third-order valence-electron chi connectivity index (χ3n) is 1.76. The number of rotatable bonds is 1. The number of halogens is 1. The van der Waals surface area contributed by atoms with Gasteiger partial charge in [0.2, 0.25) is 5.88 Å². The molecule has 1 amide bonds. The molecule has 0 radical (unpaired) electrons. The highest BCUT2D eigenvalue weighted by Gasteiger charge is 2.23. The molecule has 1 aromatic heterocycles. The zero-order valence-corrected chi connectivity index (χ0v) is 8.92. The molecule has 6 heteroatoms. The Kier molecular flexibility index (Phi) is 2.28. The number of ether oxygens (including phenoxy) is 2. The molecule has 0 spiro atoms. The Bertz CT molecular complexity index is 394. The smallest absolute Gasteiger partial charge is 0.262 e. The summed E-state index contributed by atoms with van der Waals surface area (Å²) in [6.45, 7) is 0.0127. The lowest BCUT2D eigenvalue weighted by molar-refractivity contribution is -0.118. The first kappa shape index (κ1) is 9.26. The van der Waals surface area contributed by atoms with Gasteiger partial charge in [-0.25, -0.2) is 4.98 Å². The quantitative estimate of drug-likeness (QED) is 0.822. The number of anilines is 1. The van der Waals surface area contributed by atoms with Crippen molar-refractivity contribution in [3.8, 4) is 11.6 Å². The zero-order chi connectivity index (χ0) is 10.1. The predicted octanol–water partition coefficient (Wildman–Crippen LogP) is 1.18. The van der Waals surface area contributed by atoms with Crippen LogP contribution in [-0.2, 0) is 4.79 Å². The van der Waals surface area contributed by atoms with E-state index < -0.39 is 0 Å². The van der Waals surface area contributed by atoms with Crippen LogP contribution in [0.4, 0.5) is 5.69 Å². The molecule has 0 bridgehead atoms. The zero-order valence-electron chi connectivity index (χ0n) is 7.33. The molecule has 0 aliphatic carbocycles. The Balaban J connectivity index is 2.54. The second kappa shape index (κ2) is 3.45. The number of fused-ring (bicyclic) bond motifs is 1. The lowest BCUT2D eigenvalue weighted by Crippen LogP contribution is -2.26. The van der Waals surface area contributed by atoms with Gasteiger partial charge in [-0.05, 0) is 15.9 Å². The minimum Gasteiger partial charge on any atom is -0.480 e. The van der Waals surface area contributed by atoms with Crippen molar-refractivity contribution in [2.45, 2.75) is 0 Å². The minimum atomic E-state index is -0.212. The van der Waals surface area contributed by atoms with Gasteiger partial charge in [-0.2, -0.15) is 0 Å². The van der Waals surface area contributed by atoms with Crippen molar-refractivity contribution in [1.29, 1.82) is 0 Å². The summed E-state index contributed by atoms with van der Waals surface area (Å²) in [6, 6.07) is 0. The number of hydrogen-bond donors (Lipinski definition) is 1. The fourth-order valence-corrected chi connectivity index (χ4v) is 1.59. The third-order valence-corrected chi connectivity index (χ3v) is 2.32. The first-order chi connectivity index (χ1) is 6.72. The van der Waals surface area contributed by atoms with Crippen LogP contribution in [0.15, 0.2) is 10.7 Å². The monoisotopic (exact) mass is 258 g/mol. The van der Waals surface area contributed by atoms with Crippen LogP contribution >= 0.6 is 15.9 Å². The number of nitrogens with zero attached hydrogens (tertiary/aromatic N) is 1. The van der Waals surface area contributed by atoms with Crippen LogP contribution in [0.1, 0.15) is 0 Å². The van der Waals surface area contributed by atoms with E-state index in [2.05, 4.69) is 26.2 Å². The van der Waals surface area contributed by atoms with Crippen molar-refractivity contribution in [2.24, 2.45) is 0 Å². The average molecular weight is 259 g/mol. The third kappa shape index (κ3) is 1.41. The molecular formula is C8H7BrN2O3. The van der Waals surface area contributed by atoms with Gasteiger partial charge in [0.05, 0.1) is 11.6 Å². The molecule has 2 rings (SSSR count). The van der Waals surface area contributed by atoms with Crippen LogP contribution in [0.25, 0.3) is 0 Å². The number of carbonyl (C=O) groups is 1. The van der Waals surface area contributed by atoms with Crippen LogP contribution in [0.3, 0.4) is 0 Å². The SMILES string of the molecule is COc1ncc(Br)c2c1NC(=O)CO2. The maximum atomic E-state index is 11.1. The molecule has 5 nitrogen and oxygen atoms in total. The molecule has 1 aromatic rings. The summed E-state index contributed by atoms with van der Waals surface area (Å²) in [5, 5.41) is 2.64. The second-order valence-corrected chi connectivity index (χ2v) is 3.51. The highest BCUT2D eigenvalue weighted by molar-refractivity contribution is 9.10. The Morgan fingerprint density at radius 1 is 1.71 bits per heavy atom.